The number of rotatable bonds is 5. The van der Waals surface area contributed by atoms with E-state index in [9.17, 15) is 14.7 Å². The Hall–Kier alpha value is -2.72. The quantitative estimate of drug-likeness (QED) is 0.521. The normalized spacial score (nSPS) is 34.7. The summed E-state index contributed by atoms with van der Waals surface area (Å²) in [5, 5.41) is 9.70. The van der Waals surface area contributed by atoms with Crippen LogP contribution in [0, 0.1) is 40.4 Å². The molecule has 0 aromatic heterocycles. The number of carbonyl (C=O) groups excluding carboxylic acids is 2. The Kier molecular flexibility index (Phi) is 7.74. The Balaban J connectivity index is 1.49. The standard InChI is InChI=1S/C35H43NO5/c1-23-19-29-31-11-13-35(12-4-16-37,32(39)22-40-3)34(31,2)21-30(33(29)27-10-9-26(38)20-28(23)27)24-5-7-25(8-6-24)36-14-17-41-18-15-36/h5-8,20,23,29-31,37H,9-11,13-19,21-22H2,1-3H3/t23?,29-,30+,31-,34-,35+/m0/s1. The van der Waals surface area contributed by atoms with Gasteiger partial charge in [-0.1, -0.05) is 43.4 Å². The highest BCUT2D eigenvalue weighted by Crippen LogP contribution is 2.70. The molecular weight excluding hydrogens is 514 g/mol. The van der Waals surface area contributed by atoms with Crippen LogP contribution in [0.2, 0.25) is 0 Å². The molecule has 1 aliphatic heterocycles. The first-order valence-corrected chi connectivity index (χ1v) is 15.4. The van der Waals surface area contributed by atoms with Gasteiger partial charge in [-0.3, -0.25) is 9.59 Å². The lowest BCUT2D eigenvalue weighted by atomic mass is 9.47. The Bertz CT molecular complexity index is 1330. The van der Waals surface area contributed by atoms with E-state index in [-0.39, 0.29) is 36.1 Å². The Morgan fingerprint density at radius 1 is 1.20 bits per heavy atom. The van der Waals surface area contributed by atoms with Crippen molar-refractivity contribution < 1.29 is 24.2 Å². The Morgan fingerprint density at radius 2 is 1.95 bits per heavy atom. The van der Waals surface area contributed by atoms with Gasteiger partial charge in [0.15, 0.2) is 11.6 Å². The molecule has 1 N–H and O–H groups in total. The molecule has 6 heteroatoms. The first-order chi connectivity index (χ1) is 19.8. The summed E-state index contributed by atoms with van der Waals surface area (Å²) in [5.41, 5.74) is 5.43. The van der Waals surface area contributed by atoms with Gasteiger partial charge in [-0.05, 0) is 90.2 Å². The minimum absolute atomic E-state index is 0.0331. The van der Waals surface area contributed by atoms with Crippen LogP contribution in [0.3, 0.4) is 0 Å². The molecule has 1 unspecified atom stereocenters. The number of ether oxygens (including phenoxy) is 2. The minimum Gasteiger partial charge on any atom is -0.384 e. The van der Waals surface area contributed by atoms with Crippen LogP contribution in [0.15, 0.2) is 47.1 Å². The molecule has 0 radical (unpaired) electrons. The fourth-order valence-electron chi connectivity index (χ4n) is 9.20. The monoisotopic (exact) mass is 557 g/mol. The van der Waals surface area contributed by atoms with Crippen molar-refractivity contribution in [2.24, 2.45) is 28.6 Å². The predicted molar refractivity (Wildman–Crippen MR) is 158 cm³/mol. The number of nitrogens with zero attached hydrogens (tertiary/aromatic N) is 1. The van der Waals surface area contributed by atoms with Gasteiger partial charge in [0.1, 0.15) is 13.2 Å². The summed E-state index contributed by atoms with van der Waals surface area (Å²) < 4.78 is 11.0. The van der Waals surface area contributed by atoms with E-state index in [2.05, 4.69) is 54.9 Å². The number of hydrogen-bond donors (Lipinski definition) is 1. The number of hydrogen-bond acceptors (Lipinski definition) is 6. The fourth-order valence-corrected chi connectivity index (χ4v) is 9.20. The zero-order valence-corrected chi connectivity index (χ0v) is 24.7. The van der Waals surface area contributed by atoms with E-state index < -0.39 is 5.41 Å². The van der Waals surface area contributed by atoms with Crippen molar-refractivity contribution >= 4 is 17.3 Å². The zero-order valence-electron chi connectivity index (χ0n) is 24.7. The number of fused-ring (bicyclic) bond motifs is 4. The first kappa shape index (κ1) is 28.4. The molecule has 1 aromatic carbocycles. The van der Waals surface area contributed by atoms with Crippen LogP contribution >= 0.6 is 0 Å². The van der Waals surface area contributed by atoms with E-state index in [1.165, 1.54) is 28.0 Å². The molecule has 6 nitrogen and oxygen atoms in total. The second kappa shape index (κ2) is 11.2. The highest BCUT2D eigenvalue weighted by atomic mass is 16.5. The van der Waals surface area contributed by atoms with Gasteiger partial charge in [0.25, 0.3) is 0 Å². The molecular formula is C35H43NO5. The van der Waals surface area contributed by atoms with Crippen LogP contribution in [-0.4, -0.2) is 63.3 Å². The SMILES string of the molecule is COCC(=O)[C@@]1(C#CCO)CC[C@H]2[C@@H]3CC(C)C4=CC(=O)CCC4=C3[C@@H](c3ccc(N4CCOCC4)cc3)C[C@@]21C. The first-order valence-electron chi connectivity index (χ1n) is 15.4. The zero-order chi connectivity index (χ0) is 28.8. The van der Waals surface area contributed by atoms with Crippen LogP contribution in [0.4, 0.5) is 5.69 Å². The lowest BCUT2D eigenvalue weighted by molar-refractivity contribution is -0.136. The molecule has 6 rings (SSSR count). The van der Waals surface area contributed by atoms with Crippen molar-refractivity contribution in [1.29, 1.82) is 0 Å². The molecule has 2 saturated carbocycles. The van der Waals surface area contributed by atoms with Crippen LogP contribution in [0.5, 0.6) is 0 Å². The Morgan fingerprint density at radius 3 is 2.66 bits per heavy atom. The number of anilines is 1. The van der Waals surface area contributed by atoms with Crippen LogP contribution in [-0.2, 0) is 19.1 Å². The summed E-state index contributed by atoms with van der Waals surface area (Å²) in [7, 11) is 1.57. The van der Waals surface area contributed by atoms with E-state index in [0.29, 0.717) is 30.6 Å². The molecule has 0 bridgehead atoms. The summed E-state index contributed by atoms with van der Waals surface area (Å²) >= 11 is 0. The molecule has 218 valence electrons. The third-order valence-electron chi connectivity index (χ3n) is 11.1. The topological polar surface area (TPSA) is 76.1 Å². The van der Waals surface area contributed by atoms with Crippen LogP contribution in [0.1, 0.15) is 63.9 Å². The number of benzene rings is 1. The molecule has 1 aromatic rings. The van der Waals surface area contributed by atoms with Gasteiger partial charge in [0, 0.05) is 38.2 Å². The lowest BCUT2D eigenvalue weighted by Crippen LogP contribution is -2.52. The number of methoxy groups -OCH3 is 1. The van der Waals surface area contributed by atoms with Crippen LogP contribution < -0.4 is 4.90 Å². The van der Waals surface area contributed by atoms with Crippen molar-refractivity contribution in [2.45, 2.75) is 58.3 Å². The number of morpholine rings is 1. The maximum atomic E-state index is 13.9. The van der Waals surface area contributed by atoms with Gasteiger partial charge >= 0.3 is 0 Å². The Labute approximate surface area is 244 Å². The predicted octanol–water partition coefficient (Wildman–Crippen LogP) is 4.87. The summed E-state index contributed by atoms with van der Waals surface area (Å²) in [6.07, 6.45) is 6.74. The van der Waals surface area contributed by atoms with E-state index in [1.807, 2.05) is 6.08 Å². The third kappa shape index (κ3) is 4.61. The molecule has 0 spiro atoms. The molecule has 5 aliphatic rings. The van der Waals surface area contributed by atoms with Gasteiger partial charge in [-0.15, -0.1) is 0 Å². The largest absolute Gasteiger partial charge is 0.384 e. The van der Waals surface area contributed by atoms with Gasteiger partial charge in [0.05, 0.1) is 18.6 Å². The summed E-state index contributed by atoms with van der Waals surface area (Å²) in [5.74, 6) is 7.63. The minimum atomic E-state index is -0.847. The summed E-state index contributed by atoms with van der Waals surface area (Å²) in [6.45, 7) is 7.63. The average Bonchev–Trinajstić information content (AvgIpc) is 3.29. The molecule has 6 atom stereocenters. The van der Waals surface area contributed by atoms with Crippen LogP contribution in [0.25, 0.3) is 0 Å². The van der Waals surface area contributed by atoms with Gasteiger partial charge in [-0.25, -0.2) is 0 Å². The van der Waals surface area contributed by atoms with E-state index >= 15 is 0 Å². The molecule has 3 fully saturated rings. The smallest absolute Gasteiger partial charge is 0.176 e. The second-order valence-electron chi connectivity index (χ2n) is 13.0. The van der Waals surface area contributed by atoms with Crippen molar-refractivity contribution in [2.75, 3.05) is 51.5 Å². The molecule has 0 amide bonds. The van der Waals surface area contributed by atoms with Crippen molar-refractivity contribution in [3.05, 3.63) is 52.6 Å². The number of carbonyl (C=O) groups is 2. The lowest BCUT2D eigenvalue weighted by Gasteiger charge is -2.55. The third-order valence-corrected chi connectivity index (χ3v) is 11.1. The van der Waals surface area contributed by atoms with Crippen molar-refractivity contribution in [3.8, 4) is 11.8 Å². The van der Waals surface area contributed by atoms with Gasteiger partial charge in [0.2, 0.25) is 0 Å². The molecule has 4 aliphatic carbocycles. The van der Waals surface area contributed by atoms with E-state index in [1.54, 1.807) is 7.11 Å². The second-order valence-corrected chi connectivity index (χ2v) is 13.0. The maximum Gasteiger partial charge on any atom is 0.176 e. The maximum absolute atomic E-state index is 13.9. The molecule has 1 heterocycles. The summed E-state index contributed by atoms with van der Waals surface area (Å²) in [6, 6.07) is 9.05. The number of aliphatic hydroxyl groups is 1. The van der Waals surface area contributed by atoms with Crippen molar-refractivity contribution in [1.82, 2.24) is 0 Å². The fraction of sp³-hybridized carbons (Fsp3) is 0.600. The highest BCUT2D eigenvalue weighted by molar-refractivity contribution is 5.93. The van der Waals surface area contributed by atoms with E-state index in [0.717, 1.165) is 52.0 Å². The molecule has 41 heavy (non-hydrogen) atoms. The number of Topliss-reactive ketones (excluding diaryl/α,β-unsaturated/α-hetero) is 1. The van der Waals surface area contributed by atoms with Gasteiger partial charge in [-0.2, -0.15) is 0 Å². The van der Waals surface area contributed by atoms with Gasteiger partial charge < -0.3 is 19.5 Å². The average molecular weight is 558 g/mol. The van der Waals surface area contributed by atoms with E-state index in [4.69, 9.17) is 9.47 Å². The van der Waals surface area contributed by atoms with Crippen molar-refractivity contribution in [3.63, 3.8) is 0 Å². The highest BCUT2D eigenvalue weighted by Gasteiger charge is 2.65. The number of ketones is 2. The number of aliphatic hydroxyl groups excluding tert-OH is 1. The summed E-state index contributed by atoms with van der Waals surface area (Å²) in [4.78, 5) is 28.8. The molecule has 1 saturated heterocycles. The number of allylic oxidation sites excluding steroid dienone is 4.